The van der Waals surface area contributed by atoms with Crippen LogP contribution in [0.2, 0.25) is 0 Å². The molecule has 18 heavy (non-hydrogen) atoms. The largest absolute Gasteiger partial charge is 0.496 e. The maximum absolute atomic E-state index is 5.68. The number of ether oxygens (including phenoxy) is 1. The standard InChI is InChI=1S/C15H18N2O/c1-9-7-12(8-10(2)15(9)18-4)13-5-6-14(16)17-11(13)3/h5-8H,1-4H3,(H2,16,17). The predicted molar refractivity (Wildman–Crippen MR) is 74.8 cm³/mol. The molecule has 1 aromatic heterocycles. The minimum atomic E-state index is 0.554. The topological polar surface area (TPSA) is 48.1 Å². The van der Waals surface area contributed by atoms with Gasteiger partial charge in [-0.2, -0.15) is 0 Å². The lowest BCUT2D eigenvalue weighted by Gasteiger charge is -2.12. The van der Waals surface area contributed by atoms with Crippen molar-refractivity contribution in [2.75, 3.05) is 12.8 Å². The fraction of sp³-hybridized carbons (Fsp3) is 0.267. The normalized spacial score (nSPS) is 10.4. The molecule has 3 nitrogen and oxygen atoms in total. The number of methoxy groups -OCH3 is 1. The fourth-order valence-corrected chi connectivity index (χ4v) is 2.31. The van der Waals surface area contributed by atoms with Crippen LogP contribution < -0.4 is 10.5 Å². The Hall–Kier alpha value is -2.03. The highest BCUT2D eigenvalue weighted by molar-refractivity contribution is 5.70. The molecule has 2 rings (SSSR count). The van der Waals surface area contributed by atoms with Crippen molar-refractivity contribution in [3.05, 3.63) is 41.1 Å². The number of benzene rings is 1. The Bertz CT molecular complexity index is 568. The molecule has 1 heterocycles. The van der Waals surface area contributed by atoms with Gasteiger partial charge in [-0.25, -0.2) is 4.98 Å². The molecule has 0 radical (unpaired) electrons. The molecule has 0 aliphatic carbocycles. The van der Waals surface area contributed by atoms with Gasteiger partial charge in [0.2, 0.25) is 0 Å². The molecule has 94 valence electrons. The molecule has 0 fully saturated rings. The minimum Gasteiger partial charge on any atom is -0.496 e. The van der Waals surface area contributed by atoms with Gasteiger partial charge in [0.15, 0.2) is 0 Å². The lowest BCUT2D eigenvalue weighted by atomic mass is 9.99. The van der Waals surface area contributed by atoms with E-state index in [1.165, 1.54) is 0 Å². The molecule has 0 bridgehead atoms. The maximum atomic E-state index is 5.68. The second-order valence-corrected chi connectivity index (χ2v) is 4.51. The summed E-state index contributed by atoms with van der Waals surface area (Å²) in [5.74, 6) is 1.50. The SMILES string of the molecule is COc1c(C)cc(-c2ccc(N)nc2C)cc1C. The molecule has 0 aliphatic rings. The number of aromatic nitrogens is 1. The van der Waals surface area contributed by atoms with Crippen LogP contribution in [0.1, 0.15) is 16.8 Å². The number of hydrogen-bond acceptors (Lipinski definition) is 3. The summed E-state index contributed by atoms with van der Waals surface area (Å²) in [4.78, 5) is 4.30. The summed E-state index contributed by atoms with van der Waals surface area (Å²) in [6.07, 6.45) is 0. The Balaban J connectivity index is 2.58. The van der Waals surface area contributed by atoms with E-state index in [1.807, 2.05) is 19.1 Å². The molecule has 0 unspecified atom stereocenters. The van der Waals surface area contributed by atoms with E-state index >= 15 is 0 Å². The van der Waals surface area contributed by atoms with Crippen LogP contribution in [0.25, 0.3) is 11.1 Å². The van der Waals surface area contributed by atoms with Crippen LogP contribution in [-0.4, -0.2) is 12.1 Å². The molecule has 3 heteroatoms. The van der Waals surface area contributed by atoms with Gasteiger partial charge in [-0.1, -0.05) is 0 Å². The molecule has 2 N–H and O–H groups in total. The zero-order chi connectivity index (χ0) is 13.3. The number of hydrogen-bond donors (Lipinski definition) is 1. The van der Waals surface area contributed by atoms with Gasteiger partial charge in [0.1, 0.15) is 11.6 Å². The molecule has 2 aromatic rings. The van der Waals surface area contributed by atoms with Crippen LogP contribution in [0.3, 0.4) is 0 Å². The summed E-state index contributed by atoms with van der Waals surface area (Å²) in [5, 5.41) is 0. The lowest BCUT2D eigenvalue weighted by Crippen LogP contribution is -1.96. The molecule has 0 spiro atoms. The smallest absolute Gasteiger partial charge is 0.124 e. The van der Waals surface area contributed by atoms with Gasteiger partial charge < -0.3 is 10.5 Å². The Kier molecular flexibility index (Phi) is 3.24. The summed E-state index contributed by atoms with van der Waals surface area (Å²) < 4.78 is 5.38. The lowest BCUT2D eigenvalue weighted by molar-refractivity contribution is 0.408. The number of pyridine rings is 1. The highest BCUT2D eigenvalue weighted by Crippen LogP contribution is 2.31. The summed E-state index contributed by atoms with van der Waals surface area (Å²) in [5.41, 5.74) is 11.1. The van der Waals surface area contributed by atoms with E-state index in [1.54, 1.807) is 7.11 Å². The van der Waals surface area contributed by atoms with Crippen LogP contribution in [-0.2, 0) is 0 Å². The van der Waals surface area contributed by atoms with E-state index in [9.17, 15) is 0 Å². The number of nitrogen functional groups attached to an aromatic ring is 1. The Morgan fingerprint density at radius 3 is 2.17 bits per heavy atom. The first-order valence-electron chi connectivity index (χ1n) is 5.91. The second-order valence-electron chi connectivity index (χ2n) is 4.51. The average molecular weight is 242 g/mol. The first-order chi connectivity index (χ1) is 8.52. The maximum Gasteiger partial charge on any atom is 0.124 e. The third-order valence-corrected chi connectivity index (χ3v) is 3.08. The van der Waals surface area contributed by atoms with E-state index in [0.29, 0.717) is 5.82 Å². The molecule has 0 amide bonds. The average Bonchev–Trinajstić information content (AvgIpc) is 2.28. The summed E-state index contributed by atoms with van der Waals surface area (Å²) in [7, 11) is 1.70. The molecule has 0 saturated carbocycles. The molecule has 1 aromatic carbocycles. The van der Waals surface area contributed by atoms with Crippen molar-refractivity contribution < 1.29 is 4.74 Å². The van der Waals surface area contributed by atoms with Crippen molar-refractivity contribution in [3.8, 4) is 16.9 Å². The van der Waals surface area contributed by atoms with Gasteiger partial charge in [0.05, 0.1) is 7.11 Å². The van der Waals surface area contributed by atoms with Gasteiger partial charge >= 0.3 is 0 Å². The van der Waals surface area contributed by atoms with Crippen LogP contribution in [0.15, 0.2) is 24.3 Å². The van der Waals surface area contributed by atoms with Gasteiger partial charge in [-0.05, 0) is 61.7 Å². The van der Waals surface area contributed by atoms with Crippen LogP contribution in [0, 0.1) is 20.8 Å². The van der Waals surface area contributed by atoms with Crippen molar-refractivity contribution in [1.82, 2.24) is 4.98 Å². The molecule has 0 atom stereocenters. The zero-order valence-electron chi connectivity index (χ0n) is 11.2. The minimum absolute atomic E-state index is 0.554. The third kappa shape index (κ3) is 2.16. The van der Waals surface area contributed by atoms with Crippen LogP contribution in [0.4, 0.5) is 5.82 Å². The summed E-state index contributed by atoms with van der Waals surface area (Å²) in [6, 6.07) is 8.08. The second kappa shape index (κ2) is 4.69. The molecule has 0 saturated heterocycles. The Morgan fingerprint density at radius 2 is 1.67 bits per heavy atom. The van der Waals surface area contributed by atoms with Crippen molar-refractivity contribution in [3.63, 3.8) is 0 Å². The monoisotopic (exact) mass is 242 g/mol. The summed E-state index contributed by atoms with van der Waals surface area (Å²) >= 11 is 0. The van der Waals surface area contributed by atoms with E-state index in [0.717, 1.165) is 33.7 Å². The van der Waals surface area contributed by atoms with Crippen molar-refractivity contribution >= 4 is 5.82 Å². The fourth-order valence-electron chi connectivity index (χ4n) is 2.31. The van der Waals surface area contributed by atoms with Crippen LogP contribution >= 0.6 is 0 Å². The predicted octanol–water partition coefficient (Wildman–Crippen LogP) is 3.26. The first-order valence-corrected chi connectivity index (χ1v) is 5.91. The van der Waals surface area contributed by atoms with Gasteiger partial charge in [-0.15, -0.1) is 0 Å². The van der Waals surface area contributed by atoms with Crippen LogP contribution in [0.5, 0.6) is 5.75 Å². The first kappa shape index (κ1) is 12.4. The van der Waals surface area contributed by atoms with Gasteiger partial charge in [0.25, 0.3) is 0 Å². The van der Waals surface area contributed by atoms with Gasteiger partial charge in [0, 0.05) is 11.3 Å². The number of nitrogens with two attached hydrogens (primary N) is 1. The number of rotatable bonds is 2. The van der Waals surface area contributed by atoms with Gasteiger partial charge in [-0.3, -0.25) is 0 Å². The van der Waals surface area contributed by atoms with Crippen molar-refractivity contribution in [2.45, 2.75) is 20.8 Å². The zero-order valence-corrected chi connectivity index (χ0v) is 11.2. The Labute approximate surface area is 108 Å². The van der Waals surface area contributed by atoms with Crippen molar-refractivity contribution in [2.24, 2.45) is 0 Å². The van der Waals surface area contributed by atoms with E-state index in [2.05, 4.69) is 31.0 Å². The summed E-state index contributed by atoms with van der Waals surface area (Å²) in [6.45, 7) is 6.07. The van der Waals surface area contributed by atoms with E-state index in [-0.39, 0.29) is 0 Å². The highest BCUT2D eigenvalue weighted by Gasteiger charge is 2.09. The number of nitrogens with zero attached hydrogens (tertiary/aromatic N) is 1. The molecular formula is C15H18N2O. The van der Waals surface area contributed by atoms with Crippen molar-refractivity contribution in [1.29, 1.82) is 0 Å². The molecular weight excluding hydrogens is 224 g/mol. The number of anilines is 1. The quantitative estimate of drug-likeness (QED) is 0.879. The highest BCUT2D eigenvalue weighted by atomic mass is 16.5. The number of aryl methyl sites for hydroxylation is 3. The third-order valence-electron chi connectivity index (χ3n) is 3.08. The molecule has 0 aliphatic heterocycles. The van der Waals surface area contributed by atoms with E-state index < -0.39 is 0 Å². The van der Waals surface area contributed by atoms with E-state index in [4.69, 9.17) is 10.5 Å². The Morgan fingerprint density at radius 1 is 1.06 bits per heavy atom.